The molecular formula is C40H47N7O6. The predicted octanol–water partition coefficient (Wildman–Crippen LogP) is 6.18. The van der Waals surface area contributed by atoms with Gasteiger partial charge in [-0.1, -0.05) is 62.4 Å². The smallest absolute Gasteiger partial charge is 0.407 e. The van der Waals surface area contributed by atoms with Gasteiger partial charge in [0.1, 0.15) is 17.7 Å². The lowest BCUT2D eigenvalue weighted by Gasteiger charge is -2.37. The van der Waals surface area contributed by atoms with Gasteiger partial charge in [0.15, 0.2) is 0 Å². The van der Waals surface area contributed by atoms with Gasteiger partial charge in [0.05, 0.1) is 56.5 Å². The first-order chi connectivity index (χ1) is 25.6. The van der Waals surface area contributed by atoms with E-state index in [1.54, 1.807) is 6.20 Å². The molecule has 5 atom stereocenters. The average molecular weight is 722 g/mol. The minimum atomic E-state index is -0.683. The third-order valence-electron chi connectivity index (χ3n) is 11.1. The zero-order chi connectivity index (χ0) is 37.2. The van der Waals surface area contributed by atoms with Crippen molar-refractivity contribution in [2.24, 2.45) is 11.8 Å². The maximum absolute atomic E-state index is 13.5. The third-order valence-corrected chi connectivity index (χ3v) is 11.1. The topological polar surface area (TPSA) is 163 Å². The molecule has 278 valence electrons. The van der Waals surface area contributed by atoms with Crippen molar-refractivity contribution in [2.45, 2.75) is 83.0 Å². The van der Waals surface area contributed by atoms with Crippen LogP contribution in [0.2, 0.25) is 0 Å². The van der Waals surface area contributed by atoms with Crippen molar-refractivity contribution in [1.29, 1.82) is 0 Å². The number of amides is 3. The van der Waals surface area contributed by atoms with E-state index >= 15 is 0 Å². The molecular weight excluding hydrogens is 674 g/mol. The molecule has 0 aliphatic carbocycles. The molecule has 13 heteroatoms. The van der Waals surface area contributed by atoms with Crippen molar-refractivity contribution in [1.82, 2.24) is 35.1 Å². The molecule has 13 nitrogen and oxygen atoms in total. The van der Waals surface area contributed by atoms with E-state index in [1.807, 2.05) is 29.8 Å². The van der Waals surface area contributed by atoms with Gasteiger partial charge >= 0.3 is 12.1 Å². The largest absolute Gasteiger partial charge is 0.469 e. The molecule has 2 aromatic heterocycles. The van der Waals surface area contributed by atoms with Gasteiger partial charge in [0.2, 0.25) is 11.8 Å². The molecule has 0 radical (unpaired) electrons. The van der Waals surface area contributed by atoms with E-state index in [-0.39, 0.29) is 54.2 Å². The summed E-state index contributed by atoms with van der Waals surface area (Å²) in [5.74, 6) is 0.603. The number of benzene rings is 2. The maximum Gasteiger partial charge on any atom is 0.407 e. The van der Waals surface area contributed by atoms with Crippen LogP contribution in [0.4, 0.5) is 4.79 Å². The number of methoxy groups -OCH3 is 2. The standard InChI is InChI=1S/C40H47N7O6/c1-23(2)35(45-40(51)53-4)39(50)46-19-5-6-32(46)36-41-21-30(43-36)26-11-7-24(8-12-26)25-9-13-27(14-10-25)31-22-42-37(44-31)33-18-17-29-16-15-28(20-34(48)52-3)38(49)47(29)33/h7-14,21-23,28-29,32-33,35H,5-6,15-20H2,1-4H3,(H,41,43)(H,42,44)(H,45,51)/t28-,29-,32+,33+,35+/m1/s1. The van der Waals surface area contributed by atoms with E-state index in [4.69, 9.17) is 14.5 Å². The Balaban J connectivity index is 1.00. The highest BCUT2D eigenvalue weighted by Gasteiger charge is 2.45. The Morgan fingerprint density at radius 1 is 0.792 bits per heavy atom. The van der Waals surface area contributed by atoms with Crippen molar-refractivity contribution in [3.63, 3.8) is 0 Å². The van der Waals surface area contributed by atoms with Crippen LogP contribution in [0.3, 0.4) is 0 Å². The maximum atomic E-state index is 13.5. The number of imidazole rings is 2. The van der Waals surface area contributed by atoms with E-state index < -0.39 is 12.1 Å². The highest BCUT2D eigenvalue weighted by Crippen LogP contribution is 2.43. The first kappa shape index (κ1) is 35.9. The molecule has 2 aromatic carbocycles. The van der Waals surface area contributed by atoms with Crippen LogP contribution < -0.4 is 5.32 Å². The molecule has 5 heterocycles. The van der Waals surface area contributed by atoms with Crippen molar-refractivity contribution >= 4 is 23.9 Å². The van der Waals surface area contributed by atoms with Gasteiger partial charge in [-0.25, -0.2) is 14.8 Å². The van der Waals surface area contributed by atoms with Crippen molar-refractivity contribution in [3.8, 4) is 33.6 Å². The lowest BCUT2D eigenvalue weighted by atomic mass is 9.90. The first-order valence-corrected chi connectivity index (χ1v) is 18.5. The minimum Gasteiger partial charge on any atom is -0.469 e. The number of aromatic nitrogens is 4. The molecule has 0 spiro atoms. The number of carbonyl (C=O) groups is 4. The number of carbonyl (C=O) groups excluding carboxylic acids is 4. The third kappa shape index (κ3) is 7.29. The molecule has 0 bridgehead atoms. The number of piperidine rings is 1. The predicted molar refractivity (Wildman–Crippen MR) is 197 cm³/mol. The first-order valence-electron chi connectivity index (χ1n) is 18.5. The Morgan fingerprint density at radius 2 is 1.36 bits per heavy atom. The van der Waals surface area contributed by atoms with Gasteiger partial charge in [-0.15, -0.1) is 0 Å². The number of likely N-dealkylation sites (tertiary alicyclic amines) is 1. The number of alkyl carbamates (subject to hydrolysis) is 1. The highest BCUT2D eigenvalue weighted by molar-refractivity contribution is 5.87. The van der Waals surface area contributed by atoms with Crippen LogP contribution >= 0.6 is 0 Å². The summed E-state index contributed by atoms with van der Waals surface area (Å²) in [5, 5.41) is 2.69. The van der Waals surface area contributed by atoms with Crippen LogP contribution in [-0.4, -0.2) is 86.5 Å². The lowest BCUT2D eigenvalue weighted by Crippen LogP contribution is -2.51. The zero-order valence-electron chi connectivity index (χ0n) is 30.6. The summed E-state index contributed by atoms with van der Waals surface area (Å²) in [4.78, 5) is 70.8. The van der Waals surface area contributed by atoms with Crippen molar-refractivity contribution in [2.75, 3.05) is 20.8 Å². The van der Waals surface area contributed by atoms with Crippen LogP contribution in [0, 0.1) is 11.8 Å². The number of nitrogens with zero attached hydrogens (tertiary/aromatic N) is 4. The summed E-state index contributed by atoms with van der Waals surface area (Å²) < 4.78 is 9.58. The molecule has 3 aliphatic rings. The monoisotopic (exact) mass is 721 g/mol. The molecule has 0 saturated carbocycles. The fourth-order valence-electron chi connectivity index (χ4n) is 8.15. The van der Waals surface area contributed by atoms with Gasteiger partial charge in [-0.2, -0.15) is 0 Å². The fourth-order valence-corrected chi connectivity index (χ4v) is 8.15. The molecule has 3 fully saturated rings. The van der Waals surface area contributed by atoms with Gasteiger partial charge < -0.3 is 34.6 Å². The number of rotatable bonds is 10. The molecule has 0 unspecified atom stereocenters. The number of ether oxygens (including phenoxy) is 2. The SMILES string of the molecule is COC(=O)C[C@H]1CC[C@@H]2CC[C@@H](c3ncc(-c4ccc(-c5ccc(-c6cnc([C@@H]7CCCN7C(=O)[C@@H](NC(=O)OC)C(C)C)[nH]6)cc5)cc4)[nH]3)N2C1=O. The van der Waals surface area contributed by atoms with Crippen LogP contribution in [0.5, 0.6) is 0 Å². The highest BCUT2D eigenvalue weighted by atomic mass is 16.5. The second-order valence-electron chi connectivity index (χ2n) is 14.6. The molecule has 7 rings (SSSR count). The molecule has 3 aliphatic heterocycles. The summed E-state index contributed by atoms with van der Waals surface area (Å²) in [6.45, 7) is 4.40. The molecule has 3 saturated heterocycles. The minimum absolute atomic E-state index is 0.0222. The van der Waals surface area contributed by atoms with E-state index in [2.05, 4.69) is 68.8 Å². The summed E-state index contributed by atoms with van der Waals surface area (Å²) in [5.41, 5.74) is 5.87. The summed E-state index contributed by atoms with van der Waals surface area (Å²) in [6, 6.07) is 15.7. The van der Waals surface area contributed by atoms with E-state index in [1.165, 1.54) is 14.2 Å². The van der Waals surface area contributed by atoms with Crippen LogP contribution in [0.15, 0.2) is 60.9 Å². The number of esters is 1. The molecule has 3 amide bonds. The number of hydrogen-bond acceptors (Lipinski definition) is 8. The van der Waals surface area contributed by atoms with Crippen LogP contribution in [-0.2, 0) is 23.9 Å². The average Bonchev–Trinajstić information content (AvgIpc) is 4.01. The molecule has 4 aromatic rings. The van der Waals surface area contributed by atoms with Gasteiger partial charge in [-0.05, 0) is 66.7 Å². The van der Waals surface area contributed by atoms with E-state index in [0.717, 1.165) is 77.4 Å². The lowest BCUT2D eigenvalue weighted by molar-refractivity contribution is -0.150. The Hall–Kier alpha value is -5.46. The van der Waals surface area contributed by atoms with Crippen LogP contribution in [0.1, 0.15) is 82.5 Å². The van der Waals surface area contributed by atoms with Gasteiger partial charge in [0, 0.05) is 18.5 Å². The molecule has 3 N–H and O–H groups in total. The summed E-state index contributed by atoms with van der Waals surface area (Å²) >= 11 is 0. The Bertz CT molecular complexity index is 1950. The molecule has 53 heavy (non-hydrogen) atoms. The van der Waals surface area contributed by atoms with Crippen LogP contribution in [0.25, 0.3) is 33.6 Å². The van der Waals surface area contributed by atoms with Gasteiger partial charge in [0.25, 0.3) is 0 Å². The number of fused-ring (bicyclic) bond motifs is 1. The summed E-state index contributed by atoms with van der Waals surface area (Å²) in [6.07, 6.45) is 8.15. The van der Waals surface area contributed by atoms with Crippen molar-refractivity contribution < 1.29 is 28.7 Å². The zero-order valence-corrected chi connectivity index (χ0v) is 30.6. The number of nitrogens with one attached hydrogen (secondary N) is 3. The second-order valence-corrected chi connectivity index (χ2v) is 14.6. The van der Waals surface area contributed by atoms with Crippen molar-refractivity contribution in [3.05, 3.63) is 72.6 Å². The van der Waals surface area contributed by atoms with E-state index in [9.17, 15) is 19.2 Å². The number of H-pyrrole nitrogens is 2. The normalized spacial score (nSPS) is 21.8. The number of hydrogen-bond donors (Lipinski definition) is 3. The summed E-state index contributed by atoms with van der Waals surface area (Å²) in [7, 11) is 2.65. The Kier molecular flexibility index (Phi) is 10.3. The van der Waals surface area contributed by atoms with Gasteiger partial charge in [-0.3, -0.25) is 14.4 Å². The Morgan fingerprint density at radius 3 is 1.92 bits per heavy atom. The van der Waals surface area contributed by atoms with E-state index in [0.29, 0.717) is 13.0 Å². The quantitative estimate of drug-likeness (QED) is 0.164. The second kappa shape index (κ2) is 15.3. The fraction of sp³-hybridized carbons (Fsp3) is 0.450. The Labute approximate surface area is 308 Å². The number of aromatic amines is 2.